The fraction of sp³-hybridized carbons (Fsp3) is 0.111. The highest BCUT2D eigenvalue weighted by molar-refractivity contribution is 7.22. The molecule has 0 N–H and O–H groups in total. The minimum atomic E-state index is -0.367. The van der Waals surface area contributed by atoms with E-state index in [2.05, 4.69) is 15.1 Å². The van der Waals surface area contributed by atoms with Crippen LogP contribution in [0, 0.1) is 12.7 Å². The molecule has 0 fully saturated rings. The van der Waals surface area contributed by atoms with Crippen LogP contribution in [-0.2, 0) is 6.54 Å². The lowest BCUT2D eigenvalue weighted by Crippen LogP contribution is -2.30. The van der Waals surface area contributed by atoms with Crippen molar-refractivity contribution >= 4 is 32.6 Å². The number of benzene rings is 1. The lowest BCUT2D eigenvalue weighted by Gasteiger charge is -2.18. The number of pyridine rings is 1. The van der Waals surface area contributed by atoms with E-state index in [9.17, 15) is 9.18 Å². The van der Waals surface area contributed by atoms with Crippen LogP contribution in [0.15, 0.2) is 53.3 Å². The third-order valence-corrected chi connectivity index (χ3v) is 4.76. The molecular formula is C18H13FN4O2S. The van der Waals surface area contributed by atoms with Gasteiger partial charge in [0.15, 0.2) is 5.13 Å². The molecule has 6 nitrogen and oxygen atoms in total. The smallest absolute Gasteiger partial charge is 0.298 e. The van der Waals surface area contributed by atoms with E-state index >= 15 is 0 Å². The Labute approximate surface area is 151 Å². The molecule has 0 spiro atoms. The molecule has 8 heteroatoms. The van der Waals surface area contributed by atoms with Crippen molar-refractivity contribution in [3.63, 3.8) is 0 Å². The fourth-order valence-electron chi connectivity index (χ4n) is 2.50. The molecule has 1 aromatic carbocycles. The van der Waals surface area contributed by atoms with Gasteiger partial charge >= 0.3 is 0 Å². The van der Waals surface area contributed by atoms with E-state index in [1.165, 1.54) is 28.4 Å². The molecule has 4 rings (SSSR count). The Morgan fingerprint density at radius 2 is 2.19 bits per heavy atom. The van der Waals surface area contributed by atoms with Gasteiger partial charge in [-0.2, -0.15) is 0 Å². The third-order valence-electron chi connectivity index (χ3n) is 3.72. The van der Waals surface area contributed by atoms with Crippen LogP contribution in [0.1, 0.15) is 21.8 Å². The van der Waals surface area contributed by atoms with Crippen LogP contribution in [0.5, 0.6) is 0 Å². The number of hydrogen-bond donors (Lipinski definition) is 0. The van der Waals surface area contributed by atoms with Crippen molar-refractivity contribution in [1.82, 2.24) is 15.1 Å². The standard InChI is InChI=1S/C18H13FN4O2S/c1-11-7-15(25-22-11)17(24)23(10-12-3-2-6-20-9-12)18-21-14-5-4-13(19)8-16(14)26-18/h2-9H,10H2,1H3. The predicted molar refractivity (Wildman–Crippen MR) is 95.6 cm³/mol. The van der Waals surface area contributed by atoms with E-state index in [1.54, 1.807) is 37.5 Å². The van der Waals surface area contributed by atoms with Crippen molar-refractivity contribution in [3.05, 3.63) is 71.6 Å². The second kappa shape index (κ2) is 6.64. The van der Waals surface area contributed by atoms with E-state index in [1.807, 2.05) is 6.07 Å². The Balaban J connectivity index is 1.76. The van der Waals surface area contributed by atoms with Crippen LogP contribution in [0.4, 0.5) is 9.52 Å². The quantitative estimate of drug-likeness (QED) is 0.545. The number of fused-ring (bicyclic) bond motifs is 1. The van der Waals surface area contributed by atoms with Gasteiger partial charge in [0, 0.05) is 18.5 Å². The van der Waals surface area contributed by atoms with Crippen molar-refractivity contribution in [2.45, 2.75) is 13.5 Å². The first-order chi connectivity index (χ1) is 12.6. The van der Waals surface area contributed by atoms with Crippen LogP contribution in [0.3, 0.4) is 0 Å². The van der Waals surface area contributed by atoms with Gasteiger partial charge in [-0.15, -0.1) is 0 Å². The monoisotopic (exact) mass is 368 g/mol. The molecule has 26 heavy (non-hydrogen) atoms. The first kappa shape index (κ1) is 16.3. The van der Waals surface area contributed by atoms with E-state index in [-0.39, 0.29) is 24.0 Å². The Morgan fingerprint density at radius 1 is 1.31 bits per heavy atom. The normalized spacial score (nSPS) is 11.0. The zero-order chi connectivity index (χ0) is 18.1. The van der Waals surface area contributed by atoms with E-state index < -0.39 is 0 Å². The van der Waals surface area contributed by atoms with Crippen LogP contribution < -0.4 is 4.90 Å². The molecular weight excluding hydrogens is 355 g/mol. The average molecular weight is 368 g/mol. The number of carbonyl (C=O) groups is 1. The van der Waals surface area contributed by atoms with E-state index in [0.29, 0.717) is 21.0 Å². The highest BCUT2D eigenvalue weighted by atomic mass is 32.1. The maximum Gasteiger partial charge on any atom is 0.298 e. The van der Waals surface area contributed by atoms with E-state index in [0.717, 1.165) is 5.56 Å². The molecule has 0 aliphatic rings. The van der Waals surface area contributed by atoms with Gasteiger partial charge in [-0.25, -0.2) is 9.37 Å². The largest absolute Gasteiger partial charge is 0.351 e. The van der Waals surface area contributed by atoms with E-state index in [4.69, 9.17) is 4.52 Å². The second-order valence-corrected chi connectivity index (χ2v) is 6.70. The summed E-state index contributed by atoms with van der Waals surface area (Å²) in [5.41, 5.74) is 2.08. The summed E-state index contributed by atoms with van der Waals surface area (Å²) in [5.74, 6) is -0.588. The van der Waals surface area contributed by atoms with Crippen molar-refractivity contribution in [2.24, 2.45) is 0 Å². The molecule has 0 saturated carbocycles. The molecule has 4 aromatic rings. The molecule has 0 unspecified atom stereocenters. The number of anilines is 1. The number of nitrogens with zero attached hydrogens (tertiary/aromatic N) is 4. The summed E-state index contributed by atoms with van der Waals surface area (Å²) in [5, 5.41) is 4.23. The summed E-state index contributed by atoms with van der Waals surface area (Å²) >= 11 is 1.24. The van der Waals surface area contributed by atoms with Gasteiger partial charge in [0.25, 0.3) is 5.91 Å². The highest BCUT2D eigenvalue weighted by Crippen LogP contribution is 2.31. The number of rotatable bonds is 4. The summed E-state index contributed by atoms with van der Waals surface area (Å²) in [6.07, 6.45) is 3.34. The Morgan fingerprint density at radius 3 is 2.92 bits per heavy atom. The topological polar surface area (TPSA) is 72.1 Å². The number of amides is 1. The first-order valence-corrected chi connectivity index (χ1v) is 8.62. The number of aryl methyl sites for hydroxylation is 1. The molecule has 3 heterocycles. The maximum absolute atomic E-state index is 13.5. The highest BCUT2D eigenvalue weighted by Gasteiger charge is 2.25. The molecule has 3 aromatic heterocycles. The second-order valence-electron chi connectivity index (χ2n) is 5.69. The molecule has 0 aliphatic heterocycles. The van der Waals surface area contributed by atoms with Crippen LogP contribution in [-0.4, -0.2) is 21.0 Å². The summed E-state index contributed by atoms with van der Waals surface area (Å²) in [6, 6.07) is 9.58. The fourth-order valence-corrected chi connectivity index (χ4v) is 3.49. The Kier molecular flexibility index (Phi) is 4.18. The first-order valence-electron chi connectivity index (χ1n) is 7.80. The van der Waals surface area contributed by atoms with Gasteiger partial charge in [-0.05, 0) is 36.8 Å². The Bertz CT molecular complexity index is 1080. The summed E-state index contributed by atoms with van der Waals surface area (Å²) in [7, 11) is 0. The zero-order valence-corrected chi connectivity index (χ0v) is 14.5. The van der Waals surface area contributed by atoms with Crippen molar-refractivity contribution in [2.75, 3.05) is 4.90 Å². The maximum atomic E-state index is 13.5. The molecule has 0 bridgehead atoms. The van der Waals surface area contributed by atoms with Crippen LogP contribution in [0.2, 0.25) is 0 Å². The summed E-state index contributed by atoms with van der Waals surface area (Å²) in [4.78, 5) is 23.0. The van der Waals surface area contributed by atoms with Gasteiger partial charge in [0.2, 0.25) is 5.76 Å². The number of halogens is 1. The van der Waals surface area contributed by atoms with Gasteiger partial charge in [0.05, 0.1) is 22.5 Å². The van der Waals surface area contributed by atoms with Crippen molar-refractivity contribution in [1.29, 1.82) is 0 Å². The molecule has 130 valence electrons. The number of thiazole rings is 1. The average Bonchev–Trinajstić information content (AvgIpc) is 3.25. The molecule has 0 radical (unpaired) electrons. The Hall–Kier alpha value is -3.13. The van der Waals surface area contributed by atoms with Crippen molar-refractivity contribution in [3.8, 4) is 0 Å². The molecule has 1 amide bonds. The van der Waals surface area contributed by atoms with Crippen LogP contribution >= 0.6 is 11.3 Å². The number of aromatic nitrogens is 3. The zero-order valence-electron chi connectivity index (χ0n) is 13.7. The lowest BCUT2D eigenvalue weighted by atomic mass is 10.2. The molecule has 0 aliphatic carbocycles. The summed E-state index contributed by atoms with van der Waals surface area (Å²) in [6.45, 7) is 2.00. The predicted octanol–water partition coefficient (Wildman–Crippen LogP) is 3.97. The molecule has 0 saturated heterocycles. The lowest BCUT2D eigenvalue weighted by molar-refractivity contribution is 0.0949. The third kappa shape index (κ3) is 3.18. The molecule has 0 atom stereocenters. The minimum absolute atomic E-state index is 0.122. The SMILES string of the molecule is Cc1cc(C(=O)N(Cc2cccnc2)c2nc3ccc(F)cc3s2)on1. The van der Waals surface area contributed by atoms with Gasteiger partial charge < -0.3 is 4.52 Å². The van der Waals surface area contributed by atoms with Gasteiger partial charge in [-0.1, -0.05) is 22.6 Å². The minimum Gasteiger partial charge on any atom is -0.351 e. The van der Waals surface area contributed by atoms with Gasteiger partial charge in [0.1, 0.15) is 5.82 Å². The van der Waals surface area contributed by atoms with Crippen molar-refractivity contribution < 1.29 is 13.7 Å². The number of hydrogen-bond acceptors (Lipinski definition) is 6. The summed E-state index contributed by atoms with van der Waals surface area (Å²) < 4.78 is 19.3. The number of carbonyl (C=O) groups excluding carboxylic acids is 1. The van der Waals surface area contributed by atoms with Crippen LogP contribution in [0.25, 0.3) is 10.2 Å². The van der Waals surface area contributed by atoms with Gasteiger partial charge in [-0.3, -0.25) is 14.7 Å².